The van der Waals surface area contributed by atoms with Crippen molar-refractivity contribution in [2.24, 2.45) is 0 Å². The molecule has 0 fully saturated rings. The number of hydrogen-bond donors (Lipinski definition) is 0. The fourth-order valence-electron chi connectivity index (χ4n) is 0.940. The van der Waals surface area contributed by atoms with E-state index < -0.39 is 20.8 Å². The molecule has 0 aliphatic rings. The van der Waals surface area contributed by atoms with Crippen molar-refractivity contribution in [1.82, 2.24) is 0 Å². The van der Waals surface area contributed by atoms with E-state index >= 15 is 0 Å². The van der Waals surface area contributed by atoms with Gasteiger partial charge in [0.05, 0.1) is 0 Å². The van der Waals surface area contributed by atoms with Gasteiger partial charge < -0.3 is 0 Å². The molecule has 15 heavy (non-hydrogen) atoms. The maximum absolute atomic E-state index is 4.93. The van der Waals surface area contributed by atoms with E-state index in [1.807, 2.05) is 24.3 Å². The van der Waals surface area contributed by atoms with Gasteiger partial charge in [-0.15, -0.1) is 0 Å². The van der Waals surface area contributed by atoms with Gasteiger partial charge in [0.1, 0.15) is 0 Å². The van der Waals surface area contributed by atoms with Gasteiger partial charge in [-0.25, -0.2) is 24.3 Å². The predicted molar refractivity (Wildman–Crippen MR) is 65.3 cm³/mol. The molecule has 0 aromatic heterocycles. The fourth-order valence-corrected chi connectivity index (χ4v) is 0.940. The zero-order chi connectivity index (χ0) is 11.5. The topological polar surface area (TPSA) is 0 Å². The van der Waals surface area contributed by atoms with Crippen LogP contribution in [-0.4, -0.2) is 0 Å². The molecule has 2 aromatic rings. The Labute approximate surface area is 111 Å². The van der Waals surface area contributed by atoms with Gasteiger partial charge in [0.25, 0.3) is 0 Å². The van der Waals surface area contributed by atoms with Crippen molar-refractivity contribution < 1.29 is 20.8 Å². The van der Waals surface area contributed by atoms with Gasteiger partial charge in [0.2, 0.25) is 0 Å². The summed E-state index contributed by atoms with van der Waals surface area (Å²) in [5.41, 5.74) is 2.69. The van der Waals surface area contributed by atoms with E-state index in [9.17, 15) is 0 Å². The molecule has 0 saturated carbocycles. The molecule has 0 aliphatic heterocycles. The Morgan fingerprint density at radius 1 is 0.933 bits per heavy atom. The predicted octanol–water partition coefficient (Wildman–Crippen LogP) is 4.80. The Balaban J connectivity index is 0.000000210. The van der Waals surface area contributed by atoms with E-state index in [-0.39, 0.29) is 0 Å². The molecule has 0 radical (unpaired) electrons. The number of aryl methyl sites for hydroxylation is 2. The van der Waals surface area contributed by atoms with Crippen LogP contribution < -0.4 is 0 Å². The first-order valence-electron chi connectivity index (χ1n) is 4.53. The van der Waals surface area contributed by atoms with Crippen LogP contribution in [0.15, 0.2) is 48.5 Å². The van der Waals surface area contributed by atoms with Crippen LogP contribution in [-0.2, 0) is 20.8 Å². The molecule has 0 aliphatic carbocycles. The van der Waals surface area contributed by atoms with E-state index in [2.05, 4.69) is 38.1 Å². The summed E-state index contributed by atoms with van der Waals surface area (Å²) in [4.78, 5) is 0. The van der Waals surface area contributed by atoms with Gasteiger partial charge in [-0.2, -0.15) is 35.4 Å². The third-order valence-corrected chi connectivity index (χ3v) is 1.66. The molecule has 0 amide bonds. The van der Waals surface area contributed by atoms with E-state index in [0.717, 1.165) is 0 Å². The van der Waals surface area contributed by atoms with Crippen LogP contribution in [0.2, 0.25) is 0 Å². The van der Waals surface area contributed by atoms with Crippen LogP contribution in [0.5, 0.6) is 0 Å². The number of hydrogen-bond acceptors (Lipinski definition) is 0. The molecule has 0 saturated heterocycles. The van der Waals surface area contributed by atoms with Crippen molar-refractivity contribution in [3.8, 4) is 0 Å². The summed E-state index contributed by atoms with van der Waals surface area (Å²) in [6.07, 6.45) is 0. The van der Waals surface area contributed by atoms with Crippen LogP contribution in [0.3, 0.4) is 0 Å². The molecule has 3 heteroatoms. The second-order valence-corrected chi connectivity index (χ2v) is 6.73. The van der Waals surface area contributed by atoms with Crippen molar-refractivity contribution in [2.45, 2.75) is 13.8 Å². The molecule has 0 atom stereocenters. The zero-order valence-corrected chi connectivity index (χ0v) is 12.8. The van der Waals surface area contributed by atoms with E-state index in [4.69, 9.17) is 17.0 Å². The normalized spacial score (nSPS) is 7.73. The van der Waals surface area contributed by atoms with Crippen LogP contribution in [0.25, 0.3) is 0 Å². The summed E-state index contributed by atoms with van der Waals surface area (Å²) in [5, 5.41) is 0. The fraction of sp³-hybridized carbons (Fsp3) is 0.167. The molecule has 2 rings (SSSR count). The average Bonchev–Trinajstić information content (AvgIpc) is 2.81. The molecular weight excluding hydrogens is 306 g/mol. The third kappa shape index (κ3) is 10.4. The van der Waals surface area contributed by atoms with Crippen molar-refractivity contribution in [3.05, 3.63) is 59.7 Å². The molecule has 2 aromatic carbocycles. The maximum atomic E-state index is 4.93. The van der Waals surface area contributed by atoms with Crippen molar-refractivity contribution in [1.29, 1.82) is 0 Å². The van der Waals surface area contributed by atoms with Crippen LogP contribution in [0.4, 0.5) is 0 Å². The molecular formula is C12H14Cl2Zr. The summed E-state index contributed by atoms with van der Waals surface area (Å²) in [7, 11) is 9.87. The first-order valence-corrected chi connectivity index (χ1v) is 10.9. The molecule has 0 bridgehead atoms. The quantitative estimate of drug-likeness (QED) is 0.611. The van der Waals surface area contributed by atoms with Gasteiger partial charge in [-0.1, -0.05) is 13.8 Å². The molecule has 0 nitrogen and oxygen atoms in total. The van der Waals surface area contributed by atoms with E-state index in [1.54, 1.807) is 0 Å². The Bertz CT molecular complexity index is 266. The molecule has 0 unspecified atom stereocenters. The van der Waals surface area contributed by atoms with Gasteiger partial charge in [0, 0.05) is 0 Å². The Morgan fingerprint density at radius 3 is 1.33 bits per heavy atom. The monoisotopic (exact) mass is 318 g/mol. The number of halogens is 2. The first-order chi connectivity index (χ1) is 7.20. The SMILES string of the molecule is Cc1ccc[cH-]1.Cc1ccc[cH-]1.[Cl][Zr+2][Cl]. The minimum atomic E-state index is -0.826. The molecule has 0 spiro atoms. The Hall–Kier alpha value is 0.163. The number of rotatable bonds is 0. The molecule has 80 valence electrons. The minimum absolute atomic E-state index is 0.826. The first kappa shape index (κ1) is 15.2. The second-order valence-electron chi connectivity index (χ2n) is 3.00. The van der Waals surface area contributed by atoms with Crippen molar-refractivity contribution in [2.75, 3.05) is 0 Å². The summed E-state index contributed by atoms with van der Waals surface area (Å²) in [5.74, 6) is 0. The van der Waals surface area contributed by atoms with E-state index in [0.29, 0.717) is 0 Å². The Kier molecular flexibility index (Phi) is 10.8. The standard InChI is InChI=1S/2C6H7.2ClH.Zr/c2*1-6-4-2-3-5-6;;;/h2*2-5H,1H3;2*1H;/q2*-1;;;+4/p-2. The van der Waals surface area contributed by atoms with Crippen molar-refractivity contribution >= 4 is 17.0 Å². The van der Waals surface area contributed by atoms with Gasteiger partial charge in [0.15, 0.2) is 0 Å². The van der Waals surface area contributed by atoms with E-state index in [1.165, 1.54) is 11.1 Å². The summed E-state index contributed by atoms with van der Waals surface area (Å²) in [6.45, 7) is 4.17. The third-order valence-electron chi connectivity index (χ3n) is 1.66. The molecule has 0 heterocycles. The van der Waals surface area contributed by atoms with Gasteiger partial charge in [-0.05, 0) is 0 Å². The Morgan fingerprint density at radius 2 is 1.27 bits per heavy atom. The summed E-state index contributed by atoms with van der Waals surface area (Å²) >= 11 is -0.826. The van der Waals surface area contributed by atoms with Crippen LogP contribution >= 0.6 is 17.0 Å². The van der Waals surface area contributed by atoms with Crippen LogP contribution in [0, 0.1) is 13.8 Å². The zero-order valence-electron chi connectivity index (χ0n) is 8.87. The van der Waals surface area contributed by atoms with Gasteiger partial charge >= 0.3 is 37.9 Å². The van der Waals surface area contributed by atoms with Crippen molar-refractivity contribution in [3.63, 3.8) is 0 Å². The summed E-state index contributed by atoms with van der Waals surface area (Å²) in [6, 6.07) is 16.5. The average molecular weight is 320 g/mol. The molecule has 0 N–H and O–H groups in total. The summed E-state index contributed by atoms with van der Waals surface area (Å²) < 4.78 is 0. The van der Waals surface area contributed by atoms with Crippen LogP contribution in [0.1, 0.15) is 11.1 Å². The second kappa shape index (κ2) is 10.7. The van der Waals surface area contributed by atoms with Gasteiger partial charge in [-0.3, -0.25) is 0 Å².